The molecule has 1 N–H and O–H groups in total. The lowest BCUT2D eigenvalue weighted by Gasteiger charge is -2.26. The predicted molar refractivity (Wildman–Crippen MR) is 95.4 cm³/mol. The molecule has 6 nitrogen and oxygen atoms in total. The highest BCUT2D eigenvalue weighted by Crippen LogP contribution is 2.24. The summed E-state index contributed by atoms with van der Waals surface area (Å²) in [5.74, 6) is -1.33. The van der Waals surface area contributed by atoms with Crippen LogP contribution in [0.15, 0.2) is 47.4 Å². The Morgan fingerprint density at radius 1 is 1.12 bits per heavy atom. The van der Waals surface area contributed by atoms with E-state index in [1.54, 1.807) is 12.1 Å². The van der Waals surface area contributed by atoms with Crippen molar-refractivity contribution < 1.29 is 22.3 Å². The molecule has 0 aromatic heterocycles. The quantitative estimate of drug-likeness (QED) is 0.859. The predicted octanol–water partition coefficient (Wildman–Crippen LogP) is 2.75. The molecule has 1 aliphatic rings. The van der Waals surface area contributed by atoms with Crippen molar-refractivity contribution in [3.63, 3.8) is 0 Å². The molecule has 1 aliphatic heterocycles. The zero-order valence-electron chi connectivity index (χ0n) is 13.6. The Kier molecular flexibility index (Phi) is 5.57. The Labute approximate surface area is 155 Å². The van der Waals surface area contributed by atoms with Gasteiger partial charge in [-0.05, 0) is 42.5 Å². The van der Waals surface area contributed by atoms with Crippen molar-refractivity contribution in [2.75, 3.05) is 31.6 Å². The van der Waals surface area contributed by atoms with Gasteiger partial charge in [0.15, 0.2) is 0 Å². The Bertz CT molecular complexity index is 913. The summed E-state index contributed by atoms with van der Waals surface area (Å²) in [5, 5.41) is 3.05. The fraction of sp³-hybridized carbons (Fsp3) is 0.235. The molecular formula is C17H16ClFN2O4S. The van der Waals surface area contributed by atoms with E-state index in [2.05, 4.69) is 5.32 Å². The third-order valence-corrected chi connectivity index (χ3v) is 6.05. The van der Waals surface area contributed by atoms with E-state index in [0.717, 1.165) is 12.1 Å². The molecule has 0 unspecified atom stereocenters. The first-order valence-corrected chi connectivity index (χ1v) is 9.64. The summed E-state index contributed by atoms with van der Waals surface area (Å²) in [7, 11) is -4.01. The topological polar surface area (TPSA) is 75.7 Å². The smallest absolute Gasteiger partial charge is 0.255 e. The van der Waals surface area contributed by atoms with Crippen LogP contribution in [-0.4, -0.2) is 44.9 Å². The largest absolute Gasteiger partial charge is 0.379 e. The van der Waals surface area contributed by atoms with Gasteiger partial charge in [-0.3, -0.25) is 4.79 Å². The Hall–Kier alpha value is -2.00. The highest BCUT2D eigenvalue weighted by molar-refractivity contribution is 7.89. The van der Waals surface area contributed by atoms with E-state index in [4.69, 9.17) is 16.3 Å². The van der Waals surface area contributed by atoms with Crippen LogP contribution in [0.4, 0.5) is 10.1 Å². The monoisotopic (exact) mass is 398 g/mol. The number of amides is 1. The number of benzene rings is 2. The lowest BCUT2D eigenvalue weighted by atomic mass is 10.2. The van der Waals surface area contributed by atoms with Gasteiger partial charge in [-0.15, -0.1) is 0 Å². The minimum atomic E-state index is -4.01. The van der Waals surface area contributed by atoms with Crippen LogP contribution in [0.25, 0.3) is 0 Å². The number of nitrogens with zero attached hydrogens (tertiary/aromatic N) is 1. The minimum absolute atomic E-state index is 0.156. The second-order valence-corrected chi connectivity index (χ2v) is 7.97. The van der Waals surface area contributed by atoms with Crippen LogP contribution in [0.1, 0.15) is 10.4 Å². The minimum Gasteiger partial charge on any atom is -0.379 e. The van der Waals surface area contributed by atoms with Gasteiger partial charge in [-0.1, -0.05) is 11.6 Å². The fourth-order valence-corrected chi connectivity index (χ4v) is 4.13. The molecule has 0 bridgehead atoms. The molecule has 138 valence electrons. The Balaban J connectivity index is 1.85. The van der Waals surface area contributed by atoms with Gasteiger partial charge in [-0.2, -0.15) is 4.31 Å². The summed E-state index contributed by atoms with van der Waals surface area (Å²) in [6, 6.07) is 9.64. The number of hydrogen-bond donors (Lipinski definition) is 1. The van der Waals surface area contributed by atoms with E-state index < -0.39 is 26.6 Å². The number of carbonyl (C=O) groups excluding carboxylic acids is 1. The van der Waals surface area contributed by atoms with E-state index >= 15 is 0 Å². The number of rotatable bonds is 4. The summed E-state index contributed by atoms with van der Waals surface area (Å²) in [5.41, 5.74) is 0.523. The number of morpholine rings is 1. The molecule has 0 saturated carbocycles. The van der Waals surface area contributed by atoms with Crippen molar-refractivity contribution in [1.29, 1.82) is 0 Å². The van der Waals surface area contributed by atoms with Crippen LogP contribution >= 0.6 is 11.6 Å². The van der Waals surface area contributed by atoms with Gasteiger partial charge < -0.3 is 10.1 Å². The van der Waals surface area contributed by atoms with Gasteiger partial charge in [0, 0.05) is 29.4 Å². The fourth-order valence-electron chi connectivity index (χ4n) is 2.51. The molecule has 1 fully saturated rings. The number of nitrogens with one attached hydrogen (secondary N) is 1. The Morgan fingerprint density at radius 2 is 1.77 bits per heavy atom. The molecule has 1 amide bonds. The number of hydrogen-bond acceptors (Lipinski definition) is 4. The number of halogens is 2. The summed E-state index contributed by atoms with van der Waals surface area (Å²) in [6.45, 7) is 0.827. The third kappa shape index (κ3) is 4.04. The molecule has 26 heavy (non-hydrogen) atoms. The van der Waals surface area contributed by atoms with Crippen LogP contribution < -0.4 is 5.32 Å². The standard InChI is InChI=1S/C17H16ClFN2O4S/c18-13-3-1-12(2-4-13)17(22)20-14-5-6-15(19)16(11-14)26(23,24)21-7-9-25-10-8-21/h1-6,11H,7-10H2,(H,20,22). The van der Waals surface area contributed by atoms with Crippen LogP contribution in [0.2, 0.25) is 5.02 Å². The number of sulfonamides is 1. The first-order chi connectivity index (χ1) is 12.4. The number of anilines is 1. The maximum absolute atomic E-state index is 14.2. The molecular weight excluding hydrogens is 383 g/mol. The van der Waals surface area contributed by atoms with Crippen LogP contribution in [0, 0.1) is 5.82 Å². The maximum Gasteiger partial charge on any atom is 0.255 e. The molecule has 9 heteroatoms. The van der Waals surface area contributed by atoms with Gasteiger partial charge in [0.1, 0.15) is 10.7 Å². The van der Waals surface area contributed by atoms with Crippen molar-refractivity contribution in [2.24, 2.45) is 0 Å². The van der Waals surface area contributed by atoms with Crippen LogP contribution in [0.5, 0.6) is 0 Å². The highest BCUT2D eigenvalue weighted by atomic mass is 35.5. The summed E-state index contributed by atoms with van der Waals surface area (Å²) < 4.78 is 45.8. The van der Waals surface area contributed by atoms with E-state index in [0.29, 0.717) is 10.6 Å². The van der Waals surface area contributed by atoms with Gasteiger partial charge >= 0.3 is 0 Å². The third-order valence-electron chi connectivity index (χ3n) is 3.88. The van der Waals surface area contributed by atoms with E-state index in [1.165, 1.54) is 22.5 Å². The van der Waals surface area contributed by atoms with Gasteiger partial charge in [0.25, 0.3) is 5.91 Å². The molecule has 2 aromatic rings. The zero-order valence-corrected chi connectivity index (χ0v) is 15.2. The van der Waals surface area contributed by atoms with Crippen molar-refractivity contribution in [3.05, 3.63) is 58.9 Å². The molecule has 2 aromatic carbocycles. The van der Waals surface area contributed by atoms with E-state index in [-0.39, 0.29) is 32.0 Å². The summed E-state index contributed by atoms with van der Waals surface area (Å²) in [4.78, 5) is 11.8. The average Bonchev–Trinajstić information content (AvgIpc) is 2.64. The molecule has 1 heterocycles. The number of ether oxygens (including phenoxy) is 1. The van der Waals surface area contributed by atoms with Gasteiger partial charge in [0.2, 0.25) is 10.0 Å². The lowest BCUT2D eigenvalue weighted by Crippen LogP contribution is -2.40. The molecule has 0 aliphatic carbocycles. The van der Waals surface area contributed by atoms with Crippen molar-refractivity contribution >= 4 is 33.2 Å². The van der Waals surface area contributed by atoms with Crippen molar-refractivity contribution in [2.45, 2.75) is 4.90 Å². The highest BCUT2D eigenvalue weighted by Gasteiger charge is 2.29. The van der Waals surface area contributed by atoms with Crippen molar-refractivity contribution in [1.82, 2.24) is 4.31 Å². The normalized spacial score (nSPS) is 15.6. The van der Waals surface area contributed by atoms with E-state index in [1.807, 2.05) is 0 Å². The van der Waals surface area contributed by atoms with Gasteiger partial charge in [0.05, 0.1) is 13.2 Å². The zero-order chi connectivity index (χ0) is 18.7. The maximum atomic E-state index is 14.2. The van der Waals surface area contributed by atoms with Gasteiger partial charge in [-0.25, -0.2) is 12.8 Å². The molecule has 0 atom stereocenters. The van der Waals surface area contributed by atoms with Crippen LogP contribution in [-0.2, 0) is 14.8 Å². The molecule has 3 rings (SSSR count). The second-order valence-electron chi connectivity index (χ2n) is 5.62. The lowest BCUT2D eigenvalue weighted by molar-refractivity contribution is 0.0729. The average molecular weight is 399 g/mol. The summed E-state index contributed by atoms with van der Waals surface area (Å²) in [6.07, 6.45) is 0. The molecule has 0 spiro atoms. The summed E-state index contributed by atoms with van der Waals surface area (Å²) >= 11 is 5.79. The Morgan fingerprint density at radius 3 is 2.42 bits per heavy atom. The first kappa shape index (κ1) is 18.8. The molecule has 1 saturated heterocycles. The van der Waals surface area contributed by atoms with E-state index in [9.17, 15) is 17.6 Å². The SMILES string of the molecule is O=C(Nc1ccc(F)c(S(=O)(=O)N2CCOCC2)c1)c1ccc(Cl)cc1. The second kappa shape index (κ2) is 7.71. The molecule has 0 radical (unpaired) electrons. The number of carbonyl (C=O) groups is 1. The van der Waals surface area contributed by atoms with Crippen molar-refractivity contribution in [3.8, 4) is 0 Å². The first-order valence-electron chi connectivity index (χ1n) is 7.82. The van der Waals surface area contributed by atoms with Crippen LogP contribution in [0.3, 0.4) is 0 Å².